The van der Waals surface area contributed by atoms with Crippen LogP contribution in [-0.4, -0.2) is 7.11 Å². The molecule has 0 fully saturated rings. The van der Waals surface area contributed by atoms with Gasteiger partial charge >= 0.3 is 0 Å². The van der Waals surface area contributed by atoms with E-state index in [0.717, 1.165) is 6.07 Å². The summed E-state index contributed by atoms with van der Waals surface area (Å²) in [5, 5.41) is -0.158. The van der Waals surface area contributed by atoms with Crippen LogP contribution in [0.2, 0.25) is 0 Å². The number of rotatable bonds is 2. The zero-order valence-corrected chi connectivity index (χ0v) is 8.63. The maximum absolute atomic E-state index is 13.4. The minimum atomic E-state index is -1.00. The standard InChI is InChI=1S/C10H7F3OS/c1-14-4-6-5-2-3-7(11)8(12)9(5)15-10(6)13/h2-3H,4H2,1H3. The van der Waals surface area contributed by atoms with Crippen molar-refractivity contribution in [3.63, 3.8) is 0 Å². The summed E-state index contributed by atoms with van der Waals surface area (Å²) in [4.78, 5) is 0. The van der Waals surface area contributed by atoms with Crippen molar-refractivity contribution in [2.24, 2.45) is 0 Å². The third-order valence-electron chi connectivity index (χ3n) is 2.09. The Hall–Kier alpha value is -1.07. The van der Waals surface area contributed by atoms with Crippen molar-refractivity contribution in [2.75, 3.05) is 7.11 Å². The van der Waals surface area contributed by atoms with Crippen molar-refractivity contribution in [2.45, 2.75) is 6.61 Å². The smallest absolute Gasteiger partial charge is 0.183 e. The van der Waals surface area contributed by atoms with Gasteiger partial charge in [-0.25, -0.2) is 8.78 Å². The Bertz CT molecular complexity index is 507. The van der Waals surface area contributed by atoms with Gasteiger partial charge in [0.1, 0.15) is 0 Å². The van der Waals surface area contributed by atoms with Gasteiger partial charge in [0.2, 0.25) is 0 Å². The Kier molecular flexibility index (Phi) is 2.67. The van der Waals surface area contributed by atoms with Gasteiger partial charge < -0.3 is 4.74 Å². The largest absolute Gasteiger partial charge is 0.380 e. The molecule has 1 nitrogen and oxygen atoms in total. The number of hydrogen-bond acceptors (Lipinski definition) is 2. The Balaban J connectivity index is 2.73. The predicted molar refractivity (Wildman–Crippen MR) is 52.4 cm³/mol. The van der Waals surface area contributed by atoms with Gasteiger partial charge in [-0.1, -0.05) is 0 Å². The second-order valence-electron chi connectivity index (χ2n) is 3.03. The van der Waals surface area contributed by atoms with Gasteiger partial charge in [0.25, 0.3) is 0 Å². The molecule has 80 valence electrons. The number of benzene rings is 1. The molecule has 0 saturated carbocycles. The molecule has 0 aliphatic carbocycles. The Morgan fingerprint density at radius 1 is 1.27 bits per heavy atom. The molecule has 0 amide bonds. The monoisotopic (exact) mass is 232 g/mol. The molecule has 0 unspecified atom stereocenters. The minimum Gasteiger partial charge on any atom is -0.380 e. The number of ether oxygens (including phenoxy) is 1. The highest BCUT2D eigenvalue weighted by molar-refractivity contribution is 7.17. The Labute approximate surface area is 88.1 Å². The summed E-state index contributed by atoms with van der Waals surface area (Å²) < 4.78 is 44.3. The molecule has 15 heavy (non-hydrogen) atoms. The lowest BCUT2D eigenvalue weighted by Gasteiger charge is -1.98. The maximum Gasteiger partial charge on any atom is 0.183 e. The van der Waals surface area contributed by atoms with Gasteiger partial charge in [-0.15, -0.1) is 11.3 Å². The summed E-state index contributed by atoms with van der Waals surface area (Å²) in [5.41, 5.74) is 0.274. The molecule has 0 bridgehead atoms. The van der Waals surface area contributed by atoms with Crippen LogP contribution in [-0.2, 0) is 11.3 Å². The van der Waals surface area contributed by atoms with Gasteiger partial charge in [0.15, 0.2) is 16.8 Å². The van der Waals surface area contributed by atoms with Crippen molar-refractivity contribution in [3.8, 4) is 0 Å². The third kappa shape index (κ3) is 1.61. The van der Waals surface area contributed by atoms with Gasteiger partial charge in [-0.2, -0.15) is 4.39 Å². The van der Waals surface area contributed by atoms with E-state index < -0.39 is 16.8 Å². The Morgan fingerprint density at radius 2 is 2.00 bits per heavy atom. The van der Waals surface area contributed by atoms with E-state index in [9.17, 15) is 13.2 Å². The van der Waals surface area contributed by atoms with Crippen LogP contribution in [0.4, 0.5) is 13.2 Å². The van der Waals surface area contributed by atoms with Crippen molar-refractivity contribution in [1.82, 2.24) is 0 Å². The molecular weight excluding hydrogens is 225 g/mol. The third-order valence-corrected chi connectivity index (χ3v) is 3.12. The van der Waals surface area contributed by atoms with Crippen LogP contribution in [0.3, 0.4) is 0 Å². The average molecular weight is 232 g/mol. The lowest BCUT2D eigenvalue weighted by Crippen LogP contribution is -1.89. The Morgan fingerprint density at radius 3 is 2.67 bits per heavy atom. The normalized spacial score (nSPS) is 11.2. The molecule has 2 aromatic rings. The van der Waals surface area contributed by atoms with E-state index >= 15 is 0 Å². The first-order chi connectivity index (χ1) is 7.15. The van der Waals surface area contributed by atoms with Crippen LogP contribution >= 0.6 is 11.3 Å². The topological polar surface area (TPSA) is 9.23 Å². The predicted octanol–water partition coefficient (Wildman–Crippen LogP) is 3.47. The van der Waals surface area contributed by atoms with E-state index in [2.05, 4.69) is 0 Å². The number of thiophene rings is 1. The summed E-state index contributed by atoms with van der Waals surface area (Å²) in [7, 11) is 1.42. The first-order valence-corrected chi connectivity index (χ1v) is 5.00. The van der Waals surface area contributed by atoms with Crippen LogP contribution in [0.25, 0.3) is 10.1 Å². The van der Waals surface area contributed by atoms with Gasteiger partial charge in [-0.05, 0) is 12.1 Å². The SMILES string of the molecule is COCc1c(F)sc2c(F)c(F)ccc12. The molecule has 2 rings (SSSR count). The van der Waals surface area contributed by atoms with Crippen molar-refractivity contribution in [1.29, 1.82) is 0 Å². The molecule has 0 radical (unpaired) electrons. The minimum absolute atomic E-state index is 0.000417. The number of hydrogen-bond donors (Lipinski definition) is 0. The van der Waals surface area contributed by atoms with Crippen molar-refractivity contribution >= 4 is 21.4 Å². The molecule has 1 heterocycles. The highest BCUT2D eigenvalue weighted by atomic mass is 32.1. The van der Waals surface area contributed by atoms with Crippen LogP contribution < -0.4 is 0 Å². The molecule has 1 aromatic heterocycles. The molecule has 0 atom stereocenters. The molecule has 0 spiro atoms. The molecular formula is C10H7F3OS. The highest BCUT2D eigenvalue weighted by Crippen LogP contribution is 2.33. The zero-order valence-electron chi connectivity index (χ0n) is 7.81. The zero-order chi connectivity index (χ0) is 11.0. The average Bonchev–Trinajstić information content (AvgIpc) is 2.52. The second-order valence-corrected chi connectivity index (χ2v) is 4.00. The summed E-state index contributed by atoms with van der Waals surface area (Å²) in [6.45, 7) is 0.0525. The van der Waals surface area contributed by atoms with Gasteiger partial charge in [-0.3, -0.25) is 0 Å². The molecule has 5 heteroatoms. The fraction of sp³-hybridized carbons (Fsp3) is 0.200. The van der Waals surface area contributed by atoms with Gasteiger partial charge in [0, 0.05) is 18.1 Å². The van der Waals surface area contributed by atoms with E-state index in [1.165, 1.54) is 13.2 Å². The van der Waals surface area contributed by atoms with E-state index in [0.29, 0.717) is 16.7 Å². The van der Waals surface area contributed by atoms with Crippen molar-refractivity contribution in [3.05, 3.63) is 34.5 Å². The quantitative estimate of drug-likeness (QED) is 0.770. The second kappa shape index (κ2) is 3.83. The number of fused-ring (bicyclic) bond motifs is 1. The van der Waals surface area contributed by atoms with E-state index in [1.807, 2.05) is 0 Å². The molecule has 0 saturated heterocycles. The van der Waals surface area contributed by atoms with Crippen LogP contribution in [0.1, 0.15) is 5.56 Å². The molecule has 0 aliphatic rings. The molecule has 0 N–H and O–H groups in total. The van der Waals surface area contributed by atoms with Gasteiger partial charge in [0.05, 0.1) is 11.3 Å². The van der Waals surface area contributed by atoms with Crippen LogP contribution in [0.5, 0.6) is 0 Å². The van der Waals surface area contributed by atoms with Crippen LogP contribution in [0.15, 0.2) is 12.1 Å². The summed E-state index contributed by atoms with van der Waals surface area (Å²) in [5.74, 6) is -1.97. The summed E-state index contributed by atoms with van der Waals surface area (Å²) >= 11 is 0.598. The number of halogens is 3. The highest BCUT2D eigenvalue weighted by Gasteiger charge is 2.17. The maximum atomic E-state index is 13.4. The van der Waals surface area contributed by atoms with E-state index in [4.69, 9.17) is 4.74 Å². The number of methoxy groups -OCH3 is 1. The molecule has 1 aromatic carbocycles. The van der Waals surface area contributed by atoms with Crippen LogP contribution in [0, 0.1) is 16.8 Å². The lowest BCUT2D eigenvalue weighted by molar-refractivity contribution is 0.183. The van der Waals surface area contributed by atoms with E-state index in [-0.39, 0.29) is 16.9 Å². The fourth-order valence-corrected chi connectivity index (χ4v) is 2.36. The first kappa shape index (κ1) is 10.4. The summed E-state index contributed by atoms with van der Waals surface area (Å²) in [6, 6.07) is 2.35. The molecule has 0 aliphatic heterocycles. The fourth-order valence-electron chi connectivity index (χ4n) is 1.41. The van der Waals surface area contributed by atoms with E-state index in [1.54, 1.807) is 0 Å². The first-order valence-electron chi connectivity index (χ1n) is 4.19. The lowest BCUT2D eigenvalue weighted by atomic mass is 10.2. The summed E-state index contributed by atoms with van der Waals surface area (Å²) in [6.07, 6.45) is 0. The van der Waals surface area contributed by atoms with Crippen molar-refractivity contribution < 1.29 is 17.9 Å².